The summed E-state index contributed by atoms with van der Waals surface area (Å²) in [5.74, 6) is -6.56. The van der Waals surface area contributed by atoms with E-state index in [0.29, 0.717) is 24.8 Å². The fraction of sp³-hybridized carbons (Fsp3) is 0.552. The number of methoxy groups -OCH3 is 2. The second-order valence-corrected chi connectivity index (χ2v) is 13.0. The third-order valence-electron chi connectivity index (χ3n) is 9.22. The molecule has 2 N–H and O–H groups in total. The van der Waals surface area contributed by atoms with Crippen molar-refractivity contribution in [3.63, 3.8) is 0 Å². The molecule has 0 radical (unpaired) electrons. The Balaban J connectivity index is 1.60. The Morgan fingerprint density at radius 1 is 1.02 bits per heavy atom. The van der Waals surface area contributed by atoms with Crippen LogP contribution in [0, 0.1) is 17.8 Å². The van der Waals surface area contributed by atoms with E-state index in [-0.39, 0.29) is 60.0 Å². The Bertz CT molecular complexity index is 1440. The van der Waals surface area contributed by atoms with Gasteiger partial charge in [0.05, 0.1) is 31.5 Å². The standard InChI is InChI=1S/C29H31BrCl2N2O9/c1-42-14-10-18(35)22(19(11-14)43-2)23-15-7-8-16-21(25(39)33(24(16)38)9-5-3-4-6-20(36)37)17(15)12-28(31)26(40)34(13-30)27(41)29(23,28)32/h7,10-11,16-17,21,23,35H,3-6,8-9,12-13H2,1-2H3,(H,36,37). The maximum Gasteiger partial charge on any atom is 0.303 e. The summed E-state index contributed by atoms with van der Waals surface area (Å²) < 4.78 is 10.9. The van der Waals surface area contributed by atoms with Crippen LogP contribution in [0.3, 0.4) is 0 Å². The number of phenolic OH excluding ortho intramolecular Hbond substituents is 1. The highest BCUT2D eigenvalue weighted by atomic mass is 79.9. The average molecular weight is 702 g/mol. The van der Waals surface area contributed by atoms with E-state index in [4.69, 9.17) is 37.8 Å². The molecule has 2 aliphatic carbocycles. The van der Waals surface area contributed by atoms with Crippen molar-refractivity contribution in [1.29, 1.82) is 0 Å². The van der Waals surface area contributed by atoms with Crippen LogP contribution in [0.1, 0.15) is 50.0 Å². The maximum absolute atomic E-state index is 13.9. The zero-order valence-corrected chi connectivity index (χ0v) is 26.6. The first-order valence-electron chi connectivity index (χ1n) is 13.9. The number of amides is 4. The third kappa shape index (κ3) is 4.63. The summed E-state index contributed by atoms with van der Waals surface area (Å²) in [6, 6.07) is 2.85. The number of fused-ring (bicyclic) bond motifs is 4. The summed E-state index contributed by atoms with van der Waals surface area (Å²) in [6.45, 7) is 0.142. The minimum absolute atomic E-state index is 0.00169. The number of hydrogen-bond acceptors (Lipinski definition) is 8. The smallest absolute Gasteiger partial charge is 0.303 e. The van der Waals surface area contributed by atoms with Crippen LogP contribution in [-0.2, 0) is 24.0 Å². The third-order valence-corrected chi connectivity index (χ3v) is 11.1. The molecule has 6 unspecified atom stereocenters. The van der Waals surface area contributed by atoms with Crippen LogP contribution in [0.5, 0.6) is 17.2 Å². The molecule has 14 heteroatoms. The largest absolute Gasteiger partial charge is 0.507 e. The first-order chi connectivity index (χ1) is 20.4. The first kappa shape index (κ1) is 31.6. The zero-order valence-electron chi connectivity index (χ0n) is 23.5. The lowest BCUT2D eigenvalue weighted by atomic mass is 9.56. The van der Waals surface area contributed by atoms with Crippen molar-refractivity contribution >= 4 is 68.7 Å². The molecule has 232 valence electrons. The average Bonchev–Trinajstić information content (AvgIpc) is 3.30. The minimum Gasteiger partial charge on any atom is -0.507 e. The number of imide groups is 2. The maximum atomic E-state index is 13.9. The molecule has 2 saturated heterocycles. The number of ether oxygens (including phenoxy) is 2. The Morgan fingerprint density at radius 3 is 2.37 bits per heavy atom. The van der Waals surface area contributed by atoms with Gasteiger partial charge in [-0.2, -0.15) is 0 Å². The van der Waals surface area contributed by atoms with Gasteiger partial charge >= 0.3 is 5.97 Å². The van der Waals surface area contributed by atoms with Crippen LogP contribution in [0.2, 0.25) is 0 Å². The highest BCUT2D eigenvalue weighted by molar-refractivity contribution is 9.09. The molecule has 4 amide bonds. The molecular weight excluding hydrogens is 671 g/mol. The quantitative estimate of drug-likeness (QED) is 0.122. The molecule has 0 aromatic heterocycles. The molecule has 4 aliphatic rings. The van der Waals surface area contributed by atoms with Gasteiger partial charge in [-0.15, -0.1) is 23.2 Å². The molecule has 3 fully saturated rings. The minimum atomic E-state index is -2.09. The number of allylic oxidation sites excluding steroid dienone is 2. The van der Waals surface area contributed by atoms with E-state index in [1.54, 1.807) is 6.08 Å². The summed E-state index contributed by atoms with van der Waals surface area (Å²) in [4.78, 5) is 63.9. The highest BCUT2D eigenvalue weighted by Crippen LogP contribution is 2.67. The second kappa shape index (κ2) is 11.6. The molecule has 6 atom stereocenters. The molecule has 43 heavy (non-hydrogen) atoms. The van der Waals surface area contributed by atoms with E-state index < -0.39 is 57.1 Å². The monoisotopic (exact) mass is 700 g/mol. The van der Waals surface area contributed by atoms with Gasteiger partial charge in [0.2, 0.25) is 11.8 Å². The van der Waals surface area contributed by atoms with Gasteiger partial charge in [0.25, 0.3) is 11.8 Å². The number of unbranched alkanes of at least 4 members (excludes halogenated alkanes) is 2. The van der Waals surface area contributed by atoms with Crippen molar-refractivity contribution in [2.75, 3.05) is 26.2 Å². The molecule has 2 heterocycles. The van der Waals surface area contributed by atoms with E-state index in [0.717, 1.165) is 4.90 Å². The molecule has 5 rings (SSSR count). The number of aliphatic carboxylic acids is 1. The summed E-state index contributed by atoms with van der Waals surface area (Å²) in [5, 5.41) is 20.2. The predicted octanol–water partition coefficient (Wildman–Crippen LogP) is 3.77. The summed E-state index contributed by atoms with van der Waals surface area (Å²) in [6.07, 6.45) is 3.18. The normalized spacial score (nSPS) is 31.5. The van der Waals surface area contributed by atoms with Crippen LogP contribution >= 0.6 is 39.1 Å². The molecule has 1 saturated carbocycles. The van der Waals surface area contributed by atoms with Crippen LogP contribution < -0.4 is 9.47 Å². The molecule has 0 spiro atoms. The van der Waals surface area contributed by atoms with Gasteiger partial charge in [-0.25, -0.2) is 0 Å². The van der Waals surface area contributed by atoms with Gasteiger partial charge in [0.1, 0.15) is 17.2 Å². The van der Waals surface area contributed by atoms with Gasteiger partial charge in [0.15, 0.2) is 9.75 Å². The van der Waals surface area contributed by atoms with E-state index in [2.05, 4.69) is 15.9 Å². The number of benzene rings is 1. The number of nitrogens with zero attached hydrogens (tertiary/aromatic N) is 2. The van der Waals surface area contributed by atoms with Crippen molar-refractivity contribution in [2.24, 2.45) is 17.8 Å². The number of likely N-dealkylation sites (tertiary alicyclic amines) is 2. The number of phenols is 1. The van der Waals surface area contributed by atoms with Gasteiger partial charge in [-0.3, -0.25) is 33.8 Å². The number of carbonyl (C=O) groups is 5. The number of halogens is 3. The lowest BCUT2D eigenvalue weighted by Crippen LogP contribution is -2.60. The number of carboxylic acids is 1. The Hall–Kier alpha value is -2.83. The fourth-order valence-electron chi connectivity index (χ4n) is 7.24. The highest BCUT2D eigenvalue weighted by Gasteiger charge is 2.76. The van der Waals surface area contributed by atoms with Crippen molar-refractivity contribution in [2.45, 2.75) is 54.2 Å². The van der Waals surface area contributed by atoms with Crippen LogP contribution in [0.4, 0.5) is 0 Å². The van der Waals surface area contributed by atoms with Crippen LogP contribution in [0.25, 0.3) is 0 Å². The Labute approximate surface area is 266 Å². The number of rotatable bonds is 10. The molecule has 11 nitrogen and oxygen atoms in total. The number of hydrogen-bond donors (Lipinski definition) is 2. The van der Waals surface area contributed by atoms with Gasteiger partial charge in [0, 0.05) is 36.6 Å². The second-order valence-electron chi connectivity index (χ2n) is 11.3. The Morgan fingerprint density at radius 2 is 1.74 bits per heavy atom. The van der Waals surface area contributed by atoms with Gasteiger partial charge in [-0.1, -0.05) is 34.0 Å². The van der Waals surface area contributed by atoms with E-state index in [1.165, 1.54) is 31.3 Å². The van der Waals surface area contributed by atoms with E-state index in [9.17, 15) is 29.1 Å². The molecular formula is C29H31BrCl2N2O9. The van der Waals surface area contributed by atoms with Crippen LogP contribution in [0.15, 0.2) is 23.8 Å². The van der Waals surface area contributed by atoms with Crippen molar-refractivity contribution in [3.05, 3.63) is 29.3 Å². The zero-order chi connectivity index (χ0) is 31.4. The number of aromatic hydroxyl groups is 1. The van der Waals surface area contributed by atoms with Crippen molar-refractivity contribution < 1.29 is 43.7 Å². The van der Waals surface area contributed by atoms with E-state index >= 15 is 0 Å². The van der Waals surface area contributed by atoms with E-state index in [1.807, 2.05) is 0 Å². The predicted molar refractivity (Wildman–Crippen MR) is 157 cm³/mol. The SMILES string of the molecule is COc1cc(O)c(C2C3=CCC4C(=O)N(CCCCCC(=O)O)C(=O)C4C3CC3(Cl)C(=O)N(CBr)C(=O)C23Cl)c(OC)c1. The van der Waals surface area contributed by atoms with Gasteiger partial charge < -0.3 is 19.7 Å². The lowest BCUT2D eigenvalue weighted by molar-refractivity contribution is -0.141. The Kier molecular flexibility index (Phi) is 8.51. The summed E-state index contributed by atoms with van der Waals surface area (Å²) >= 11 is 17.6. The molecule has 2 aliphatic heterocycles. The number of carboxylic acid groups (broad SMARTS) is 1. The van der Waals surface area contributed by atoms with Crippen molar-refractivity contribution in [3.8, 4) is 17.2 Å². The summed E-state index contributed by atoms with van der Waals surface area (Å²) in [7, 11) is 2.78. The molecule has 1 aromatic rings. The van der Waals surface area contributed by atoms with Crippen LogP contribution in [-0.4, -0.2) is 85.6 Å². The van der Waals surface area contributed by atoms with Crippen molar-refractivity contribution in [1.82, 2.24) is 9.80 Å². The van der Waals surface area contributed by atoms with Gasteiger partial charge in [-0.05, 0) is 31.6 Å². The molecule has 0 bridgehead atoms. The molecule has 1 aromatic carbocycles. The fourth-order valence-corrected chi connectivity index (χ4v) is 8.65. The first-order valence-corrected chi connectivity index (χ1v) is 15.8. The number of alkyl halides is 3. The lowest BCUT2D eigenvalue weighted by Gasteiger charge is -2.51. The summed E-state index contributed by atoms with van der Waals surface area (Å²) in [5.41, 5.74) is 0.463. The topological polar surface area (TPSA) is 151 Å². The number of carbonyl (C=O) groups excluding carboxylic acids is 4.